The van der Waals surface area contributed by atoms with Crippen molar-refractivity contribution in [2.45, 2.75) is 12.5 Å². The highest BCUT2D eigenvalue weighted by Crippen LogP contribution is 2.36. The van der Waals surface area contributed by atoms with Gasteiger partial charge in [-0.05, 0) is 17.7 Å². The second-order valence-electron chi connectivity index (χ2n) is 5.41. The summed E-state index contributed by atoms with van der Waals surface area (Å²) in [4.78, 5) is 0. The Hall–Kier alpha value is -2.34. The van der Waals surface area contributed by atoms with Crippen molar-refractivity contribution in [1.29, 1.82) is 0 Å². The van der Waals surface area contributed by atoms with Gasteiger partial charge in [0, 0.05) is 12.0 Å². The van der Waals surface area contributed by atoms with Crippen molar-refractivity contribution in [2.24, 2.45) is 5.10 Å². The van der Waals surface area contributed by atoms with Gasteiger partial charge >= 0.3 is 0 Å². The number of para-hydroxylation sites is 1. The zero-order valence-electron chi connectivity index (χ0n) is 13.0. The third-order valence-corrected chi connectivity index (χ3v) is 4.83. The zero-order valence-corrected chi connectivity index (χ0v) is 13.8. The van der Waals surface area contributed by atoms with Gasteiger partial charge in [0.25, 0.3) is 0 Å². The minimum absolute atomic E-state index is 0.328. The molecule has 0 saturated carbocycles. The summed E-state index contributed by atoms with van der Waals surface area (Å²) in [6.07, 6.45) is 1.69. The first-order valence-electron chi connectivity index (χ1n) is 7.26. The molecule has 0 radical (unpaired) electrons. The van der Waals surface area contributed by atoms with Crippen LogP contribution in [0.15, 0.2) is 59.7 Å². The van der Waals surface area contributed by atoms with E-state index >= 15 is 0 Å². The van der Waals surface area contributed by atoms with Crippen LogP contribution in [0.5, 0.6) is 5.75 Å². The summed E-state index contributed by atoms with van der Waals surface area (Å²) in [6.45, 7) is 0. The van der Waals surface area contributed by atoms with E-state index in [2.05, 4.69) is 5.10 Å². The number of nitrogens with zero attached hydrogens (tertiary/aromatic N) is 2. The Morgan fingerprint density at radius 2 is 1.74 bits per heavy atom. The summed E-state index contributed by atoms with van der Waals surface area (Å²) >= 11 is 0. The summed E-state index contributed by atoms with van der Waals surface area (Å²) in [6, 6.07) is 16.7. The number of hydrogen-bond donors (Lipinski definition) is 0. The van der Waals surface area contributed by atoms with Gasteiger partial charge in [-0.15, -0.1) is 0 Å². The van der Waals surface area contributed by atoms with Crippen molar-refractivity contribution in [3.8, 4) is 5.75 Å². The monoisotopic (exact) mass is 330 g/mol. The molecule has 2 aromatic rings. The minimum Gasteiger partial charge on any atom is -0.496 e. The molecule has 0 fully saturated rings. The van der Waals surface area contributed by atoms with Gasteiger partial charge in [0.05, 0.1) is 25.1 Å². The van der Waals surface area contributed by atoms with E-state index in [9.17, 15) is 8.42 Å². The fourth-order valence-electron chi connectivity index (χ4n) is 2.76. The van der Waals surface area contributed by atoms with Crippen LogP contribution < -0.4 is 4.74 Å². The van der Waals surface area contributed by atoms with Crippen LogP contribution in [-0.2, 0) is 10.0 Å². The van der Waals surface area contributed by atoms with Crippen LogP contribution in [0.1, 0.15) is 23.6 Å². The molecule has 0 aliphatic carbocycles. The number of benzene rings is 2. The second-order valence-corrected chi connectivity index (χ2v) is 7.25. The highest BCUT2D eigenvalue weighted by Gasteiger charge is 2.35. The largest absolute Gasteiger partial charge is 0.496 e. The third kappa shape index (κ3) is 3.07. The number of hydrazone groups is 1. The summed E-state index contributed by atoms with van der Waals surface area (Å²) in [5.74, 6) is 0.688. The third-order valence-electron chi connectivity index (χ3n) is 3.81. The topological polar surface area (TPSA) is 59.0 Å². The predicted molar refractivity (Wildman–Crippen MR) is 90.0 cm³/mol. The molecule has 0 bridgehead atoms. The van der Waals surface area contributed by atoms with Crippen LogP contribution in [0, 0.1) is 0 Å². The van der Waals surface area contributed by atoms with E-state index in [1.54, 1.807) is 7.11 Å². The molecular weight excluding hydrogens is 312 g/mol. The number of methoxy groups -OCH3 is 1. The molecule has 2 aromatic carbocycles. The highest BCUT2D eigenvalue weighted by molar-refractivity contribution is 7.88. The first-order valence-corrected chi connectivity index (χ1v) is 9.11. The van der Waals surface area contributed by atoms with Crippen molar-refractivity contribution in [1.82, 2.24) is 4.41 Å². The fourth-order valence-corrected chi connectivity index (χ4v) is 3.67. The van der Waals surface area contributed by atoms with Gasteiger partial charge < -0.3 is 4.74 Å². The van der Waals surface area contributed by atoms with E-state index in [0.29, 0.717) is 17.9 Å². The average Bonchev–Trinajstić information content (AvgIpc) is 3.01. The predicted octanol–water partition coefficient (Wildman–Crippen LogP) is 2.81. The van der Waals surface area contributed by atoms with Gasteiger partial charge in [0.2, 0.25) is 10.0 Å². The Morgan fingerprint density at radius 1 is 1.09 bits per heavy atom. The summed E-state index contributed by atoms with van der Waals surface area (Å²) in [5.41, 5.74) is 2.45. The summed E-state index contributed by atoms with van der Waals surface area (Å²) < 4.78 is 30.8. The Morgan fingerprint density at radius 3 is 2.39 bits per heavy atom. The molecule has 1 unspecified atom stereocenters. The van der Waals surface area contributed by atoms with Crippen LogP contribution in [-0.4, -0.2) is 31.9 Å². The maximum Gasteiger partial charge on any atom is 0.247 e. The average molecular weight is 330 g/mol. The molecule has 0 spiro atoms. The lowest BCUT2D eigenvalue weighted by Gasteiger charge is -2.21. The maximum atomic E-state index is 12.1. The van der Waals surface area contributed by atoms with E-state index < -0.39 is 10.0 Å². The van der Waals surface area contributed by atoms with Crippen molar-refractivity contribution in [3.63, 3.8) is 0 Å². The molecule has 0 saturated heterocycles. The quantitative estimate of drug-likeness (QED) is 0.866. The van der Waals surface area contributed by atoms with Gasteiger partial charge in [0.1, 0.15) is 5.75 Å². The molecule has 6 heteroatoms. The van der Waals surface area contributed by atoms with Crippen molar-refractivity contribution < 1.29 is 13.2 Å². The van der Waals surface area contributed by atoms with Crippen LogP contribution >= 0.6 is 0 Å². The van der Waals surface area contributed by atoms with Crippen LogP contribution in [0.4, 0.5) is 0 Å². The van der Waals surface area contributed by atoms with E-state index in [-0.39, 0.29) is 6.04 Å². The lowest BCUT2D eigenvalue weighted by molar-refractivity contribution is 0.375. The lowest BCUT2D eigenvalue weighted by atomic mass is 9.99. The SMILES string of the molecule is COc1ccccc1C1=NN(S(C)(=O)=O)C(c2ccccc2)C1. The summed E-state index contributed by atoms with van der Waals surface area (Å²) in [7, 11) is -1.86. The molecular formula is C17H18N2O3S. The maximum absolute atomic E-state index is 12.1. The molecule has 0 N–H and O–H groups in total. The number of sulfonamides is 1. The smallest absolute Gasteiger partial charge is 0.247 e. The van der Waals surface area contributed by atoms with E-state index in [4.69, 9.17) is 4.74 Å². The van der Waals surface area contributed by atoms with Gasteiger partial charge in [-0.1, -0.05) is 42.5 Å². The second kappa shape index (κ2) is 6.04. The molecule has 23 heavy (non-hydrogen) atoms. The van der Waals surface area contributed by atoms with Gasteiger partial charge in [-0.2, -0.15) is 9.52 Å². The van der Waals surface area contributed by atoms with Gasteiger partial charge in [-0.25, -0.2) is 8.42 Å². The van der Waals surface area contributed by atoms with E-state index in [0.717, 1.165) is 11.1 Å². The van der Waals surface area contributed by atoms with Gasteiger partial charge in [-0.3, -0.25) is 0 Å². The molecule has 1 heterocycles. The van der Waals surface area contributed by atoms with Crippen LogP contribution in [0.25, 0.3) is 0 Å². The molecule has 1 aliphatic rings. The number of ether oxygens (including phenoxy) is 1. The van der Waals surface area contributed by atoms with Crippen molar-refractivity contribution in [2.75, 3.05) is 13.4 Å². The number of rotatable bonds is 4. The molecule has 1 aliphatic heterocycles. The lowest BCUT2D eigenvalue weighted by Crippen LogP contribution is -2.25. The van der Waals surface area contributed by atoms with Crippen LogP contribution in [0.3, 0.4) is 0 Å². The Labute approximate surface area is 136 Å². The Bertz CT molecular complexity index is 832. The Balaban J connectivity index is 2.04. The normalized spacial score (nSPS) is 17.9. The van der Waals surface area contributed by atoms with Crippen molar-refractivity contribution >= 4 is 15.7 Å². The first kappa shape index (κ1) is 15.6. The summed E-state index contributed by atoms with van der Waals surface area (Å²) in [5, 5.41) is 4.38. The zero-order chi connectivity index (χ0) is 16.4. The van der Waals surface area contributed by atoms with E-state index in [1.807, 2.05) is 54.6 Å². The van der Waals surface area contributed by atoms with Gasteiger partial charge in [0.15, 0.2) is 0 Å². The molecule has 120 valence electrons. The first-order chi connectivity index (χ1) is 11.0. The Kier molecular flexibility index (Phi) is 4.09. The molecule has 0 amide bonds. The van der Waals surface area contributed by atoms with Crippen molar-refractivity contribution in [3.05, 3.63) is 65.7 Å². The molecule has 3 rings (SSSR count). The molecule has 5 nitrogen and oxygen atoms in total. The highest BCUT2D eigenvalue weighted by atomic mass is 32.2. The van der Waals surface area contributed by atoms with Crippen LogP contribution in [0.2, 0.25) is 0 Å². The van der Waals surface area contributed by atoms with E-state index in [1.165, 1.54) is 10.7 Å². The fraction of sp³-hybridized carbons (Fsp3) is 0.235. The standard InChI is InChI=1S/C17H18N2O3S/c1-22-17-11-7-6-10-14(17)15-12-16(13-8-4-3-5-9-13)19(18-15)23(2,20)21/h3-11,16H,12H2,1-2H3. The molecule has 0 aromatic heterocycles. The minimum atomic E-state index is -3.46. The molecule has 1 atom stereocenters. The number of hydrogen-bond acceptors (Lipinski definition) is 4.